The molecule has 0 bridgehead atoms. The minimum atomic E-state index is -3.39. The van der Waals surface area contributed by atoms with Gasteiger partial charge in [0.25, 0.3) is 0 Å². The van der Waals surface area contributed by atoms with E-state index in [2.05, 4.69) is 4.72 Å². The molecule has 118 valence electrons. The van der Waals surface area contributed by atoms with Gasteiger partial charge in [-0.05, 0) is 24.3 Å². The molecule has 1 aromatic carbocycles. The Kier molecular flexibility index (Phi) is 5.79. The molecule has 3 atom stereocenters. The highest BCUT2D eigenvalue weighted by Crippen LogP contribution is 2.20. The summed E-state index contributed by atoms with van der Waals surface area (Å²) in [6.07, 6.45) is 3.85. The number of hydrogen-bond donors (Lipinski definition) is 2. The van der Waals surface area contributed by atoms with Gasteiger partial charge in [-0.25, -0.2) is 13.1 Å². The third kappa shape index (κ3) is 5.09. The fourth-order valence-corrected chi connectivity index (χ4v) is 4.59. The summed E-state index contributed by atoms with van der Waals surface area (Å²) in [7, 11) is -3.39. The second-order valence-corrected chi connectivity index (χ2v) is 7.82. The van der Waals surface area contributed by atoms with Crippen molar-refractivity contribution < 1.29 is 13.5 Å². The van der Waals surface area contributed by atoms with E-state index in [1.54, 1.807) is 0 Å². The van der Waals surface area contributed by atoms with Crippen LogP contribution in [0, 0.1) is 0 Å². The lowest BCUT2D eigenvalue weighted by molar-refractivity contribution is 0.130. The van der Waals surface area contributed by atoms with E-state index in [0.29, 0.717) is 6.42 Å². The van der Waals surface area contributed by atoms with Crippen LogP contribution >= 0.6 is 0 Å². The lowest BCUT2D eigenvalue weighted by Crippen LogP contribution is -2.44. The average Bonchev–Trinajstić information content (AvgIpc) is 2.64. The van der Waals surface area contributed by atoms with Gasteiger partial charge in [0.05, 0.1) is 11.9 Å². The second kappa shape index (κ2) is 7.38. The Morgan fingerprint density at radius 2 is 1.86 bits per heavy atom. The van der Waals surface area contributed by atoms with Crippen molar-refractivity contribution in [1.82, 2.24) is 4.72 Å². The Balaban J connectivity index is 1.98. The van der Waals surface area contributed by atoms with Crippen molar-refractivity contribution in [2.45, 2.75) is 57.1 Å². The average molecular weight is 311 g/mol. The first-order chi connectivity index (χ1) is 9.98. The molecule has 0 heterocycles. The van der Waals surface area contributed by atoms with E-state index < -0.39 is 16.1 Å². The molecule has 1 aromatic rings. The van der Waals surface area contributed by atoms with Crippen LogP contribution in [0.1, 0.15) is 50.5 Å². The van der Waals surface area contributed by atoms with Gasteiger partial charge in [-0.3, -0.25) is 0 Å². The topological polar surface area (TPSA) is 66.4 Å². The van der Waals surface area contributed by atoms with Gasteiger partial charge >= 0.3 is 0 Å². The smallest absolute Gasteiger partial charge is 0.212 e. The lowest BCUT2D eigenvalue weighted by atomic mass is 10.0. The van der Waals surface area contributed by atoms with Gasteiger partial charge in [-0.1, -0.05) is 56.5 Å². The van der Waals surface area contributed by atoms with Crippen LogP contribution in [0.2, 0.25) is 0 Å². The van der Waals surface area contributed by atoms with Crippen LogP contribution in [0.5, 0.6) is 0 Å². The first kappa shape index (κ1) is 16.5. The molecule has 4 nitrogen and oxygen atoms in total. The highest BCUT2D eigenvalue weighted by atomic mass is 32.2. The van der Waals surface area contributed by atoms with Crippen LogP contribution < -0.4 is 4.72 Å². The van der Waals surface area contributed by atoms with E-state index in [-0.39, 0.29) is 17.7 Å². The summed E-state index contributed by atoms with van der Waals surface area (Å²) in [6.45, 7) is 1.91. The Bertz CT molecular complexity index is 530. The standard InChI is InChI=1S/C16H25NO3S/c1-13(14-8-4-2-5-9-14)12-21(19,20)17-15-10-6-3-7-11-16(15)18/h2,4-5,8-9,13,15-18H,3,6-7,10-12H2,1H3. The summed E-state index contributed by atoms with van der Waals surface area (Å²) in [5.74, 6) is -0.00753. The number of hydrogen-bond acceptors (Lipinski definition) is 3. The molecule has 1 fully saturated rings. The second-order valence-electron chi connectivity index (χ2n) is 6.02. The van der Waals surface area contributed by atoms with Gasteiger partial charge in [0, 0.05) is 6.04 Å². The molecule has 1 saturated carbocycles. The summed E-state index contributed by atoms with van der Waals surface area (Å²) in [5.41, 5.74) is 1.02. The fourth-order valence-electron chi connectivity index (χ4n) is 2.91. The number of aliphatic hydroxyl groups excluding tert-OH is 1. The van der Waals surface area contributed by atoms with Crippen molar-refractivity contribution in [3.8, 4) is 0 Å². The maximum atomic E-state index is 12.3. The largest absolute Gasteiger partial charge is 0.391 e. The van der Waals surface area contributed by atoms with Gasteiger partial charge in [0.1, 0.15) is 0 Å². The highest BCUT2D eigenvalue weighted by molar-refractivity contribution is 7.89. The zero-order valence-electron chi connectivity index (χ0n) is 12.5. The number of benzene rings is 1. The zero-order chi connectivity index (χ0) is 15.3. The Morgan fingerprint density at radius 3 is 2.57 bits per heavy atom. The third-order valence-corrected chi connectivity index (χ3v) is 5.75. The van der Waals surface area contributed by atoms with E-state index >= 15 is 0 Å². The maximum Gasteiger partial charge on any atom is 0.212 e. The predicted octanol–water partition coefficient (Wildman–Crippen LogP) is 2.40. The molecule has 0 aromatic heterocycles. The molecule has 0 radical (unpaired) electrons. The molecular weight excluding hydrogens is 286 g/mol. The van der Waals surface area contributed by atoms with E-state index in [1.807, 2.05) is 37.3 Å². The SMILES string of the molecule is CC(CS(=O)(=O)NC1CCCCCC1O)c1ccccc1. The van der Waals surface area contributed by atoms with E-state index in [4.69, 9.17) is 0 Å². The molecule has 2 N–H and O–H groups in total. The fraction of sp³-hybridized carbons (Fsp3) is 0.625. The summed E-state index contributed by atoms with van der Waals surface area (Å²) in [5, 5.41) is 10.0. The molecule has 1 aliphatic rings. The minimum Gasteiger partial charge on any atom is -0.391 e. The van der Waals surface area contributed by atoms with E-state index in [9.17, 15) is 13.5 Å². The highest BCUT2D eigenvalue weighted by Gasteiger charge is 2.27. The monoisotopic (exact) mass is 311 g/mol. The van der Waals surface area contributed by atoms with Crippen LogP contribution in [0.15, 0.2) is 30.3 Å². The molecule has 0 aliphatic heterocycles. The van der Waals surface area contributed by atoms with Gasteiger partial charge in [0.2, 0.25) is 10.0 Å². The number of rotatable bonds is 5. The Morgan fingerprint density at radius 1 is 1.19 bits per heavy atom. The van der Waals surface area contributed by atoms with E-state index in [1.165, 1.54) is 0 Å². The van der Waals surface area contributed by atoms with Gasteiger partial charge in [-0.2, -0.15) is 0 Å². The quantitative estimate of drug-likeness (QED) is 0.821. The maximum absolute atomic E-state index is 12.3. The predicted molar refractivity (Wildman–Crippen MR) is 84.7 cm³/mol. The van der Waals surface area contributed by atoms with Gasteiger partial charge in [-0.15, -0.1) is 0 Å². The molecule has 5 heteroatoms. The van der Waals surface area contributed by atoms with Crippen molar-refractivity contribution in [3.05, 3.63) is 35.9 Å². The third-order valence-electron chi connectivity index (χ3n) is 4.15. The molecular formula is C16H25NO3S. The van der Waals surface area contributed by atoms with Crippen molar-refractivity contribution in [3.63, 3.8) is 0 Å². The lowest BCUT2D eigenvalue weighted by Gasteiger charge is -2.22. The van der Waals surface area contributed by atoms with Gasteiger partial charge in [0.15, 0.2) is 0 Å². The van der Waals surface area contributed by atoms with Crippen molar-refractivity contribution in [1.29, 1.82) is 0 Å². The number of sulfonamides is 1. The van der Waals surface area contributed by atoms with Crippen molar-refractivity contribution in [2.75, 3.05) is 5.75 Å². The normalized spacial score (nSPS) is 25.2. The van der Waals surface area contributed by atoms with Crippen molar-refractivity contribution in [2.24, 2.45) is 0 Å². The molecule has 0 amide bonds. The number of aliphatic hydroxyl groups is 1. The van der Waals surface area contributed by atoms with Crippen LogP contribution in [0.25, 0.3) is 0 Å². The summed E-state index contributed by atoms with van der Waals surface area (Å²) >= 11 is 0. The molecule has 3 unspecified atom stereocenters. The van der Waals surface area contributed by atoms with Gasteiger partial charge < -0.3 is 5.11 Å². The first-order valence-electron chi connectivity index (χ1n) is 7.71. The molecule has 0 spiro atoms. The first-order valence-corrected chi connectivity index (χ1v) is 9.36. The zero-order valence-corrected chi connectivity index (χ0v) is 13.3. The van der Waals surface area contributed by atoms with E-state index in [0.717, 1.165) is 31.2 Å². The molecule has 2 rings (SSSR count). The van der Waals surface area contributed by atoms with Crippen LogP contribution in [0.4, 0.5) is 0 Å². The summed E-state index contributed by atoms with van der Waals surface area (Å²) < 4.78 is 27.3. The molecule has 1 aliphatic carbocycles. The molecule has 0 saturated heterocycles. The molecule has 21 heavy (non-hydrogen) atoms. The minimum absolute atomic E-state index is 0.0558. The summed E-state index contributed by atoms with van der Waals surface area (Å²) in [6, 6.07) is 9.31. The Hall–Kier alpha value is -0.910. The van der Waals surface area contributed by atoms with Crippen LogP contribution in [0.3, 0.4) is 0 Å². The van der Waals surface area contributed by atoms with Crippen LogP contribution in [-0.2, 0) is 10.0 Å². The Labute approximate surface area is 127 Å². The number of nitrogens with one attached hydrogen (secondary N) is 1. The van der Waals surface area contributed by atoms with Crippen molar-refractivity contribution >= 4 is 10.0 Å². The summed E-state index contributed by atoms with van der Waals surface area (Å²) in [4.78, 5) is 0. The van der Waals surface area contributed by atoms with Crippen LogP contribution in [-0.4, -0.2) is 31.4 Å².